The van der Waals surface area contributed by atoms with Gasteiger partial charge in [-0.3, -0.25) is 9.78 Å². The van der Waals surface area contributed by atoms with Crippen molar-refractivity contribution in [2.75, 3.05) is 0 Å². The Morgan fingerprint density at radius 2 is 1.81 bits per heavy atom. The molecule has 0 amide bonds. The van der Waals surface area contributed by atoms with Gasteiger partial charge in [0, 0.05) is 17.8 Å². The van der Waals surface area contributed by atoms with Gasteiger partial charge in [0.2, 0.25) is 0 Å². The fraction of sp³-hybridized carbons (Fsp3) is 0.0625. The summed E-state index contributed by atoms with van der Waals surface area (Å²) in [5, 5.41) is 4.31. The number of aromatic nitrogens is 3. The third kappa shape index (κ3) is 3.02. The topological polar surface area (TPSA) is 47.8 Å². The highest BCUT2D eigenvalue weighted by Gasteiger charge is 2.05. The third-order valence-corrected chi connectivity index (χ3v) is 3.04. The molecule has 104 valence electrons. The van der Waals surface area contributed by atoms with Crippen molar-refractivity contribution in [2.24, 2.45) is 0 Å². The fourth-order valence-electron chi connectivity index (χ4n) is 1.98. The monoisotopic (exact) mass is 281 g/mol. The molecule has 0 N–H and O–H groups in total. The summed E-state index contributed by atoms with van der Waals surface area (Å²) in [6, 6.07) is 14.6. The van der Waals surface area contributed by atoms with Gasteiger partial charge in [0.05, 0.1) is 17.9 Å². The predicted octanol–water partition coefficient (Wildman–Crippen LogP) is 2.49. The number of hydrogen-bond acceptors (Lipinski definition) is 3. The molecule has 0 unspecified atom stereocenters. The van der Waals surface area contributed by atoms with Crippen LogP contribution in [0.25, 0.3) is 11.3 Å². The SMILES string of the molecule is O=c1ccc(-c2ccc(F)cc2)nn1Cc1ccccn1. The number of pyridine rings is 1. The van der Waals surface area contributed by atoms with Crippen molar-refractivity contribution in [2.45, 2.75) is 6.54 Å². The van der Waals surface area contributed by atoms with Crippen LogP contribution < -0.4 is 5.56 Å². The molecule has 0 radical (unpaired) electrons. The predicted molar refractivity (Wildman–Crippen MR) is 77.2 cm³/mol. The van der Waals surface area contributed by atoms with E-state index in [9.17, 15) is 9.18 Å². The van der Waals surface area contributed by atoms with Crippen LogP contribution in [0.5, 0.6) is 0 Å². The first-order valence-electron chi connectivity index (χ1n) is 6.46. The molecule has 4 nitrogen and oxygen atoms in total. The maximum absolute atomic E-state index is 12.9. The van der Waals surface area contributed by atoms with E-state index in [4.69, 9.17) is 0 Å². The van der Waals surface area contributed by atoms with Crippen molar-refractivity contribution in [3.63, 3.8) is 0 Å². The summed E-state index contributed by atoms with van der Waals surface area (Å²) in [7, 11) is 0. The second kappa shape index (κ2) is 5.66. The summed E-state index contributed by atoms with van der Waals surface area (Å²) in [4.78, 5) is 16.1. The molecule has 0 atom stereocenters. The van der Waals surface area contributed by atoms with Crippen LogP contribution in [0, 0.1) is 5.82 Å². The summed E-state index contributed by atoms with van der Waals surface area (Å²) in [6.07, 6.45) is 1.67. The van der Waals surface area contributed by atoms with E-state index >= 15 is 0 Å². The minimum absolute atomic E-state index is 0.202. The van der Waals surface area contributed by atoms with Gasteiger partial charge in [-0.1, -0.05) is 6.07 Å². The van der Waals surface area contributed by atoms with Crippen molar-refractivity contribution >= 4 is 0 Å². The quantitative estimate of drug-likeness (QED) is 0.741. The zero-order valence-electron chi connectivity index (χ0n) is 11.1. The van der Waals surface area contributed by atoms with Crippen molar-refractivity contribution in [1.29, 1.82) is 0 Å². The van der Waals surface area contributed by atoms with E-state index in [1.807, 2.05) is 18.2 Å². The van der Waals surface area contributed by atoms with Crippen LogP contribution in [0.2, 0.25) is 0 Å². The zero-order valence-corrected chi connectivity index (χ0v) is 11.1. The Bertz CT molecular complexity index is 798. The lowest BCUT2D eigenvalue weighted by atomic mass is 10.1. The molecule has 0 saturated carbocycles. The molecule has 3 rings (SSSR count). The molecule has 0 saturated heterocycles. The molecule has 1 aromatic carbocycles. The first-order valence-corrected chi connectivity index (χ1v) is 6.46. The van der Waals surface area contributed by atoms with E-state index in [-0.39, 0.29) is 11.4 Å². The lowest BCUT2D eigenvalue weighted by Crippen LogP contribution is -2.23. The molecule has 2 aromatic heterocycles. The largest absolute Gasteiger partial charge is 0.268 e. The van der Waals surface area contributed by atoms with Crippen molar-refractivity contribution < 1.29 is 4.39 Å². The molecule has 0 aliphatic rings. The number of benzene rings is 1. The number of halogens is 1. The summed E-state index contributed by atoms with van der Waals surface area (Å²) < 4.78 is 14.3. The fourth-order valence-corrected chi connectivity index (χ4v) is 1.98. The highest BCUT2D eigenvalue weighted by molar-refractivity contribution is 5.57. The van der Waals surface area contributed by atoms with Crippen LogP contribution in [-0.4, -0.2) is 14.8 Å². The van der Waals surface area contributed by atoms with E-state index in [2.05, 4.69) is 10.1 Å². The average Bonchev–Trinajstić information content (AvgIpc) is 2.51. The minimum atomic E-state index is -0.305. The molecule has 21 heavy (non-hydrogen) atoms. The Balaban J connectivity index is 1.96. The Hall–Kier alpha value is -2.82. The van der Waals surface area contributed by atoms with Crippen LogP contribution in [0.15, 0.2) is 65.6 Å². The molecule has 0 aliphatic heterocycles. The zero-order chi connectivity index (χ0) is 14.7. The van der Waals surface area contributed by atoms with Crippen LogP contribution >= 0.6 is 0 Å². The standard InChI is InChI=1S/C16H12FN3O/c17-13-6-4-12(5-7-13)15-8-9-16(21)20(19-15)11-14-3-1-2-10-18-14/h1-10H,11H2. The van der Waals surface area contributed by atoms with Crippen LogP contribution in [-0.2, 0) is 6.54 Å². The molecule has 0 fully saturated rings. The first kappa shape index (κ1) is 13.2. The van der Waals surface area contributed by atoms with Crippen molar-refractivity contribution in [1.82, 2.24) is 14.8 Å². The van der Waals surface area contributed by atoms with Crippen LogP contribution in [0.1, 0.15) is 5.69 Å². The van der Waals surface area contributed by atoms with Gasteiger partial charge in [0.1, 0.15) is 5.82 Å². The highest BCUT2D eigenvalue weighted by atomic mass is 19.1. The summed E-state index contributed by atoms with van der Waals surface area (Å²) in [5.41, 5.74) is 1.92. The van der Waals surface area contributed by atoms with E-state index in [1.165, 1.54) is 22.9 Å². The Labute approximate surface area is 120 Å². The van der Waals surface area contributed by atoms with Gasteiger partial charge in [-0.25, -0.2) is 9.07 Å². The van der Waals surface area contributed by atoms with Crippen molar-refractivity contribution in [3.05, 3.63) is 82.7 Å². The maximum atomic E-state index is 12.9. The Morgan fingerprint density at radius 1 is 1.00 bits per heavy atom. The van der Waals surface area contributed by atoms with Gasteiger partial charge in [-0.05, 0) is 42.5 Å². The van der Waals surface area contributed by atoms with Gasteiger partial charge in [-0.2, -0.15) is 5.10 Å². The summed E-state index contributed by atoms with van der Waals surface area (Å²) >= 11 is 0. The summed E-state index contributed by atoms with van der Waals surface area (Å²) in [6.45, 7) is 0.300. The van der Waals surface area contributed by atoms with E-state index < -0.39 is 0 Å². The van der Waals surface area contributed by atoms with E-state index in [1.54, 1.807) is 24.4 Å². The number of hydrogen-bond donors (Lipinski definition) is 0. The van der Waals surface area contributed by atoms with Crippen LogP contribution in [0.4, 0.5) is 4.39 Å². The lowest BCUT2D eigenvalue weighted by molar-refractivity contribution is 0.626. The normalized spacial score (nSPS) is 10.5. The van der Waals surface area contributed by atoms with Crippen molar-refractivity contribution in [3.8, 4) is 11.3 Å². The smallest absolute Gasteiger partial charge is 0.267 e. The van der Waals surface area contributed by atoms with Gasteiger partial charge in [-0.15, -0.1) is 0 Å². The van der Waals surface area contributed by atoms with E-state index in [0.29, 0.717) is 12.2 Å². The minimum Gasteiger partial charge on any atom is -0.268 e. The van der Waals surface area contributed by atoms with Gasteiger partial charge in [0.15, 0.2) is 0 Å². The molecule has 5 heteroatoms. The third-order valence-electron chi connectivity index (χ3n) is 3.04. The van der Waals surface area contributed by atoms with Gasteiger partial charge in [0.25, 0.3) is 5.56 Å². The Kier molecular flexibility index (Phi) is 3.55. The Morgan fingerprint density at radius 3 is 2.52 bits per heavy atom. The summed E-state index contributed by atoms with van der Waals surface area (Å²) in [5.74, 6) is -0.305. The molecular weight excluding hydrogens is 269 g/mol. The second-order valence-electron chi connectivity index (χ2n) is 4.54. The van der Waals surface area contributed by atoms with Gasteiger partial charge < -0.3 is 0 Å². The maximum Gasteiger partial charge on any atom is 0.267 e. The second-order valence-corrected chi connectivity index (χ2v) is 4.54. The molecule has 0 aliphatic carbocycles. The lowest BCUT2D eigenvalue weighted by Gasteiger charge is -2.06. The number of rotatable bonds is 3. The van der Waals surface area contributed by atoms with E-state index in [0.717, 1.165) is 11.3 Å². The van der Waals surface area contributed by atoms with Gasteiger partial charge >= 0.3 is 0 Å². The first-order chi connectivity index (χ1) is 10.2. The molecular formula is C16H12FN3O. The molecule has 0 bridgehead atoms. The number of nitrogens with zero attached hydrogens (tertiary/aromatic N) is 3. The molecule has 3 aromatic rings. The van der Waals surface area contributed by atoms with Crippen LogP contribution in [0.3, 0.4) is 0 Å². The molecule has 2 heterocycles. The molecule has 0 spiro atoms. The highest BCUT2D eigenvalue weighted by Crippen LogP contribution is 2.15. The average molecular weight is 281 g/mol.